The van der Waals surface area contributed by atoms with Gasteiger partial charge in [-0.3, -0.25) is 9.36 Å². The van der Waals surface area contributed by atoms with E-state index in [0.717, 1.165) is 75.8 Å². The molecule has 0 aliphatic heterocycles. The van der Waals surface area contributed by atoms with Crippen LogP contribution < -0.4 is 22.9 Å². The van der Waals surface area contributed by atoms with Gasteiger partial charge in [0.05, 0.1) is 23.6 Å². The number of aromatic nitrogens is 6. The molecule has 2 fully saturated rings. The zero-order chi connectivity index (χ0) is 36.6. The molecule has 292 valence electrons. The van der Waals surface area contributed by atoms with Crippen LogP contribution in [-0.2, 0) is 35.4 Å². The van der Waals surface area contributed by atoms with E-state index >= 15 is 0 Å². The summed E-state index contributed by atoms with van der Waals surface area (Å²) in [7, 11) is 0. The zero-order valence-electron chi connectivity index (χ0n) is 30.4. The van der Waals surface area contributed by atoms with Gasteiger partial charge >= 0.3 is 0 Å². The molecule has 0 aromatic carbocycles. The van der Waals surface area contributed by atoms with Crippen LogP contribution in [0.3, 0.4) is 0 Å². The van der Waals surface area contributed by atoms with Gasteiger partial charge < -0.3 is 52.8 Å². The van der Waals surface area contributed by atoms with Gasteiger partial charge in [0.2, 0.25) is 0 Å². The molecule has 0 amide bonds. The normalized spacial score (nSPS) is 29.9. The zero-order valence-corrected chi connectivity index (χ0v) is 30.4. The Morgan fingerprint density at radius 1 is 0.510 bits per heavy atom. The van der Waals surface area contributed by atoms with Crippen molar-refractivity contribution in [2.75, 3.05) is 13.2 Å². The van der Waals surface area contributed by atoms with Crippen molar-refractivity contribution in [3.05, 3.63) is 23.8 Å². The second kappa shape index (κ2) is 22.2. The smallest absolute Gasteiger partial charge is 0.109 e. The van der Waals surface area contributed by atoms with E-state index in [-0.39, 0.29) is 12.1 Å². The minimum atomic E-state index is -1.05. The largest absolute Gasteiger partial charge is 0.389 e. The highest BCUT2D eigenvalue weighted by molar-refractivity contribution is 4.99. The topological polar surface area (TPSA) is 265 Å². The Kier molecular flexibility index (Phi) is 18.1. The molecule has 0 saturated heterocycles. The van der Waals surface area contributed by atoms with E-state index in [4.69, 9.17) is 32.4 Å². The number of unbranched alkanes of at least 4 members (excludes halogenated alkanes) is 10. The average Bonchev–Trinajstić information content (AvgIpc) is 3.76. The third kappa shape index (κ3) is 13.7. The lowest BCUT2D eigenvalue weighted by molar-refractivity contribution is -0.127. The Labute approximate surface area is 302 Å². The minimum Gasteiger partial charge on any atom is -0.389 e. The van der Waals surface area contributed by atoms with Crippen LogP contribution in [0.4, 0.5) is 0 Å². The van der Waals surface area contributed by atoms with Crippen molar-refractivity contribution in [1.29, 1.82) is 0 Å². The van der Waals surface area contributed by atoms with Crippen LogP contribution in [0.15, 0.2) is 12.4 Å². The van der Waals surface area contributed by atoms with Gasteiger partial charge in [0.15, 0.2) is 0 Å². The summed E-state index contributed by atoms with van der Waals surface area (Å²) < 4.78 is 15.4. The molecular weight excluding hydrogens is 656 g/mol. The van der Waals surface area contributed by atoms with Crippen molar-refractivity contribution < 1.29 is 29.9 Å². The predicted octanol–water partition coefficient (Wildman–Crippen LogP) is 0.0567. The Hall–Kier alpha value is -2.12. The molecule has 2 heterocycles. The molecule has 4 rings (SSSR count). The minimum absolute atomic E-state index is 0.378. The van der Waals surface area contributed by atoms with E-state index in [1.807, 2.05) is 21.8 Å². The van der Waals surface area contributed by atoms with Crippen LogP contribution in [0, 0.1) is 0 Å². The summed E-state index contributed by atoms with van der Waals surface area (Å²) in [6.45, 7) is 2.70. The van der Waals surface area contributed by atoms with Crippen molar-refractivity contribution in [2.45, 2.75) is 183 Å². The average molecular weight is 723 g/mol. The Balaban J connectivity index is 0.918. The summed E-state index contributed by atoms with van der Waals surface area (Å²) in [5.41, 5.74) is 25.7. The van der Waals surface area contributed by atoms with Crippen molar-refractivity contribution in [3.63, 3.8) is 0 Å². The number of rotatable bonds is 24. The Morgan fingerprint density at radius 3 is 1.27 bits per heavy atom. The molecule has 2 aliphatic rings. The number of hydrogen-bond donors (Lipinski definition) is 8. The number of nitrogens with zero attached hydrogens (tertiary/aromatic N) is 6. The fourth-order valence-electron chi connectivity index (χ4n) is 7.19. The summed E-state index contributed by atoms with van der Waals surface area (Å²) in [6, 6.07) is -1.80. The van der Waals surface area contributed by atoms with E-state index in [1.165, 1.54) is 44.9 Å². The van der Waals surface area contributed by atoms with E-state index in [2.05, 4.69) is 20.6 Å². The first-order valence-corrected chi connectivity index (χ1v) is 19.4. The van der Waals surface area contributed by atoms with Crippen molar-refractivity contribution in [1.82, 2.24) is 30.0 Å². The van der Waals surface area contributed by atoms with Gasteiger partial charge in [-0.15, -0.1) is 10.2 Å². The quantitative estimate of drug-likeness (QED) is 0.0666. The molecule has 2 aliphatic carbocycles. The molecular formula is C35H66N10O6. The highest BCUT2D eigenvalue weighted by atomic mass is 16.5. The first-order valence-electron chi connectivity index (χ1n) is 19.4. The summed E-state index contributed by atoms with van der Waals surface area (Å²) in [6.07, 6.45) is 15.6. The number of hydrogen-bond acceptors (Lipinski definition) is 14. The molecule has 2 aromatic rings. The number of ether oxygens (including phenoxy) is 2. The Bertz CT molecular complexity index is 1130. The summed E-state index contributed by atoms with van der Waals surface area (Å²) in [4.78, 5) is 0. The summed E-state index contributed by atoms with van der Waals surface area (Å²) >= 11 is 0. The molecule has 0 radical (unpaired) electrons. The summed E-state index contributed by atoms with van der Waals surface area (Å²) in [5, 5.41) is 57.6. The van der Waals surface area contributed by atoms with E-state index < -0.39 is 48.7 Å². The second-order valence-corrected chi connectivity index (χ2v) is 14.8. The molecule has 0 bridgehead atoms. The van der Waals surface area contributed by atoms with Crippen LogP contribution >= 0.6 is 0 Å². The number of nitrogens with two attached hydrogens (primary N) is 4. The highest BCUT2D eigenvalue weighted by Gasteiger charge is 2.42. The maximum Gasteiger partial charge on any atom is 0.109 e. The van der Waals surface area contributed by atoms with Gasteiger partial charge in [-0.25, -0.2) is 0 Å². The van der Waals surface area contributed by atoms with Crippen molar-refractivity contribution >= 4 is 0 Å². The third-order valence-corrected chi connectivity index (χ3v) is 10.4. The fourth-order valence-corrected chi connectivity index (χ4v) is 7.19. The van der Waals surface area contributed by atoms with Gasteiger partial charge in [0, 0.05) is 62.9 Å². The first-order chi connectivity index (χ1) is 24.6. The molecule has 2 aromatic heterocycles. The maximum atomic E-state index is 10.2. The third-order valence-electron chi connectivity index (χ3n) is 10.4. The Morgan fingerprint density at radius 2 is 0.882 bits per heavy atom. The van der Waals surface area contributed by atoms with E-state index in [1.54, 1.807) is 0 Å². The van der Waals surface area contributed by atoms with Crippen molar-refractivity contribution in [2.24, 2.45) is 22.9 Å². The number of aliphatic hydroxyl groups excluding tert-OH is 4. The van der Waals surface area contributed by atoms with Crippen LogP contribution in [-0.4, -0.2) is 124 Å². The van der Waals surface area contributed by atoms with Crippen LogP contribution in [0.25, 0.3) is 0 Å². The SMILES string of the molecule is N[C@@H]1C[C@H](N)[C@@H](OCCCCc2cn(CCCCCCCCCCCn3cc(CCCCO[C@H]4[C@H](O)[C@@H](O)[C@H](N)C[C@@H]4N)nn3)nn2)[C@H](O)[C@H]1O. The van der Waals surface area contributed by atoms with Gasteiger partial charge in [-0.05, 0) is 64.2 Å². The number of aryl methyl sites for hydroxylation is 4. The van der Waals surface area contributed by atoms with Crippen LogP contribution in [0.1, 0.15) is 108 Å². The molecule has 51 heavy (non-hydrogen) atoms. The van der Waals surface area contributed by atoms with E-state index in [0.29, 0.717) is 26.1 Å². The fraction of sp³-hybridized carbons (Fsp3) is 0.886. The van der Waals surface area contributed by atoms with Gasteiger partial charge in [0.1, 0.15) is 24.4 Å². The van der Waals surface area contributed by atoms with Gasteiger partial charge in [-0.2, -0.15) is 0 Å². The molecule has 2 saturated carbocycles. The highest BCUT2D eigenvalue weighted by Crippen LogP contribution is 2.22. The monoisotopic (exact) mass is 723 g/mol. The lowest BCUT2D eigenvalue weighted by atomic mass is 9.85. The second-order valence-electron chi connectivity index (χ2n) is 14.8. The van der Waals surface area contributed by atoms with Crippen LogP contribution in [0.5, 0.6) is 0 Å². The molecule has 0 unspecified atom stereocenters. The lowest BCUT2D eigenvalue weighted by Gasteiger charge is -2.39. The first kappa shape index (κ1) is 41.6. The van der Waals surface area contributed by atoms with Gasteiger partial charge in [0.25, 0.3) is 0 Å². The molecule has 10 atom stereocenters. The summed E-state index contributed by atoms with van der Waals surface area (Å²) in [5.74, 6) is 0. The molecule has 16 nitrogen and oxygen atoms in total. The maximum absolute atomic E-state index is 10.2. The standard InChI is InChI=1S/C35H66N10O6/c36-26-20-28(38)34(32(48)30(26)46)50-18-12-8-14-24-22-44(42-40-24)16-10-6-4-2-1-3-5-7-11-17-45-23-25(41-43-45)15-9-13-19-51-35-29(39)21-27(37)31(47)33(35)49/h22-23,26-35,46-49H,1-21,36-39H2/t26-,27-,28+,29+,30+,31+,32-,33-,34-,35-/m1/s1. The number of aliphatic hydroxyl groups is 4. The van der Waals surface area contributed by atoms with Crippen molar-refractivity contribution in [3.8, 4) is 0 Å². The van der Waals surface area contributed by atoms with E-state index in [9.17, 15) is 20.4 Å². The predicted molar refractivity (Wildman–Crippen MR) is 192 cm³/mol. The van der Waals surface area contributed by atoms with Gasteiger partial charge in [-0.1, -0.05) is 55.4 Å². The lowest BCUT2D eigenvalue weighted by Crippen LogP contribution is -2.62. The molecule has 12 N–H and O–H groups in total. The molecule has 16 heteroatoms. The molecule has 0 spiro atoms. The van der Waals surface area contributed by atoms with Crippen LogP contribution in [0.2, 0.25) is 0 Å².